The lowest BCUT2D eigenvalue weighted by atomic mass is 10.0. The number of piperazine rings is 1. The first-order valence-corrected chi connectivity index (χ1v) is 9.10. The lowest BCUT2D eigenvalue weighted by Crippen LogP contribution is -2.43. The van der Waals surface area contributed by atoms with Crippen LogP contribution in [0, 0.1) is 0 Å². The Hall–Kier alpha value is -1.53. The van der Waals surface area contributed by atoms with E-state index < -0.39 is 11.0 Å². The van der Waals surface area contributed by atoms with Gasteiger partial charge in [-0.05, 0) is 29.8 Å². The Morgan fingerprint density at radius 2 is 1.65 bits per heavy atom. The van der Waals surface area contributed by atoms with Crippen LogP contribution in [0.15, 0.2) is 53.4 Å². The van der Waals surface area contributed by atoms with Crippen LogP contribution < -0.4 is 5.14 Å². The Bertz CT molecular complexity index is 679. The molecule has 0 bridgehead atoms. The molecule has 0 spiro atoms. The Kier molecular flexibility index (Phi) is 5.23. The molecule has 23 heavy (non-hydrogen) atoms. The summed E-state index contributed by atoms with van der Waals surface area (Å²) in [7, 11) is 0.703. The van der Waals surface area contributed by atoms with E-state index in [-0.39, 0.29) is 0 Å². The summed E-state index contributed by atoms with van der Waals surface area (Å²) in [5.41, 5.74) is 3.31. The first-order valence-electron chi connectivity index (χ1n) is 7.89. The highest BCUT2D eigenvalue weighted by molar-refractivity contribution is 7.82. The van der Waals surface area contributed by atoms with E-state index in [1.807, 2.05) is 24.3 Å². The minimum atomic E-state index is -1.47. The second-order valence-electron chi connectivity index (χ2n) is 6.07. The molecular formula is C18H23N3OS. The lowest BCUT2D eigenvalue weighted by Gasteiger charge is -2.32. The van der Waals surface area contributed by atoms with Crippen LogP contribution in [0.1, 0.15) is 5.56 Å². The molecule has 0 aliphatic carbocycles. The van der Waals surface area contributed by atoms with Gasteiger partial charge in [0.2, 0.25) is 0 Å². The highest BCUT2D eigenvalue weighted by atomic mass is 32.2. The Morgan fingerprint density at radius 1 is 1.00 bits per heavy atom. The smallest absolute Gasteiger partial charge is 0.122 e. The number of benzene rings is 2. The molecule has 1 fully saturated rings. The average molecular weight is 329 g/mol. The maximum Gasteiger partial charge on any atom is 0.122 e. The summed E-state index contributed by atoms with van der Waals surface area (Å²) in [6.45, 7) is 5.49. The first-order chi connectivity index (χ1) is 11.1. The minimum absolute atomic E-state index is 0.680. The topological polar surface area (TPSA) is 49.6 Å². The van der Waals surface area contributed by atoms with Crippen LogP contribution >= 0.6 is 0 Å². The molecule has 2 aromatic carbocycles. The third-order valence-corrected chi connectivity index (χ3v) is 5.16. The van der Waals surface area contributed by atoms with Crippen LogP contribution in [-0.2, 0) is 17.5 Å². The largest absolute Gasteiger partial charge is 0.304 e. The summed E-state index contributed by atoms with van der Waals surface area (Å²) in [5.74, 6) is 0. The molecule has 0 saturated carbocycles. The fraction of sp³-hybridized carbons (Fsp3) is 0.333. The summed E-state index contributed by atoms with van der Waals surface area (Å²) in [6.07, 6.45) is 0. The molecule has 1 unspecified atom stereocenters. The second kappa shape index (κ2) is 7.36. The van der Waals surface area contributed by atoms with Crippen LogP contribution in [0.4, 0.5) is 0 Å². The van der Waals surface area contributed by atoms with Crippen LogP contribution in [0.2, 0.25) is 0 Å². The zero-order chi connectivity index (χ0) is 16.2. The quantitative estimate of drug-likeness (QED) is 0.934. The molecule has 122 valence electrons. The fourth-order valence-electron chi connectivity index (χ4n) is 2.93. The van der Waals surface area contributed by atoms with Crippen molar-refractivity contribution in [1.29, 1.82) is 0 Å². The van der Waals surface area contributed by atoms with Crippen LogP contribution in [0.3, 0.4) is 0 Å². The van der Waals surface area contributed by atoms with Gasteiger partial charge in [0.25, 0.3) is 0 Å². The molecule has 1 atom stereocenters. The molecular weight excluding hydrogens is 306 g/mol. The molecule has 3 rings (SSSR count). The van der Waals surface area contributed by atoms with Crippen molar-refractivity contribution in [3.8, 4) is 11.1 Å². The van der Waals surface area contributed by atoms with Gasteiger partial charge in [0.1, 0.15) is 11.0 Å². The van der Waals surface area contributed by atoms with E-state index in [0.29, 0.717) is 4.90 Å². The van der Waals surface area contributed by atoms with E-state index in [1.54, 1.807) is 0 Å². The molecule has 2 aromatic rings. The van der Waals surface area contributed by atoms with Gasteiger partial charge >= 0.3 is 0 Å². The molecule has 4 nitrogen and oxygen atoms in total. The molecule has 1 saturated heterocycles. The normalized spacial score (nSPS) is 18.0. The van der Waals surface area contributed by atoms with Crippen molar-refractivity contribution in [3.05, 3.63) is 54.1 Å². The second-order valence-corrected chi connectivity index (χ2v) is 7.10. The predicted molar refractivity (Wildman–Crippen MR) is 95.2 cm³/mol. The van der Waals surface area contributed by atoms with Crippen molar-refractivity contribution in [3.63, 3.8) is 0 Å². The van der Waals surface area contributed by atoms with E-state index in [1.165, 1.54) is 5.56 Å². The predicted octanol–water partition coefficient (Wildman–Crippen LogP) is 2.08. The summed E-state index contributed by atoms with van der Waals surface area (Å²) >= 11 is 0. The van der Waals surface area contributed by atoms with Gasteiger partial charge in [0.05, 0.1) is 4.90 Å². The van der Waals surface area contributed by atoms with Crippen molar-refractivity contribution in [2.24, 2.45) is 5.14 Å². The SMILES string of the molecule is CN1CCN(Cc2ccc(-c3ccccc3S(N)=O)cc2)CC1. The number of hydrogen-bond donors (Lipinski definition) is 1. The molecule has 1 aliphatic heterocycles. The lowest BCUT2D eigenvalue weighted by molar-refractivity contribution is 0.148. The highest BCUT2D eigenvalue weighted by Crippen LogP contribution is 2.25. The minimum Gasteiger partial charge on any atom is -0.304 e. The van der Waals surface area contributed by atoms with Gasteiger partial charge in [0, 0.05) is 32.7 Å². The number of likely N-dealkylation sites (N-methyl/N-ethyl adjacent to an activating group) is 1. The van der Waals surface area contributed by atoms with Crippen molar-refractivity contribution < 1.29 is 4.21 Å². The maximum absolute atomic E-state index is 11.7. The number of nitrogens with zero attached hydrogens (tertiary/aromatic N) is 2. The zero-order valence-electron chi connectivity index (χ0n) is 13.4. The first kappa shape index (κ1) is 16.3. The van der Waals surface area contributed by atoms with E-state index in [9.17, 15) is 4.21 Å². The van der Waals surface area contributed by atoms with E-state index in [4.69, 9.17) is 5.14 Å². The monoisotopic (exact) mass is 329 g/mol. The molecule has 1 heterocycles. The van der Waals surface area contributed by atoms with Crippen LogP contribution in [0.25, 0.3) is 11.1 Å². The van der Waals surface area contributed by atoms with Crippen molar-refractivity contribution in [1.82, 2.24) is 9.80 Å². The molecule has 5 heteroatoms. The molecule has 0 aromatic heterocycles. The van der Waals surface area contributed by atoms with Gasteiger partial charge in [-0.2, -0.15) is 0 Å². The van der Waals surface area contributed by atoms with E-state index in [0.717, 1.165) is 43.9 Å². The summed E-state index contributed by atoms with van der Waals surface area (Å²) in [4.78, 5) is 5.53. The molecule has 2 N–H and O–H groups in total. The van der Waals surface area contributed by atoms with Crippen molar-refractivity contribution in [2.45, 2.75) is 11.4 Å². The number of hydrogen-bond acceptors (Lipinski definition) is 3. The standard InChI is InChI=1S/C18H23N3OS/c1-20-10-12-21(13-11-20)14-15-6-8-16(9-7-15)17-4-2-3-5-18(17)23(19)22/h2-9H,10-14,19H2,1H3. The molecule has 0 amide bonds. The van der Waals surface area contributed by atoms with Gasteiger partial charge in [-0.3, -0.25) is 4.90 Å². The molecule has 1 aliphatic rings. The van der Waals surface area contributed by atoms with E-state index >= 15 is 0 Å². The van der Waals surface area contributed by atoms with Gasteiger partial charge < -0.3 is 4.90 Å². The molecule has 0 radical (unpaired) electrons. The van der Waals surface area contributed by atoms with Crippen LogP contribution in [-0.4, -0.2) is 47.2 Å². The summed E-state index contributed by atoms with van der Waals surface area (Å²) in [5, 5.41) is 5.58. The third kappa shape index (κ3) is 4.06. The van der Waals surface area contributed by atoms with Gasteiger partial charge in [-0.15, -0.1) is 0 Å². The van der Waals surface area contributed by atoms with Crippen LogP contribution in [0.5, 0.6) is 0 Å². The van der Waals surface area contributed by atoms with Crippen molar-refractivity contribution >= 4 is 11.0 Å². The highest BCUT2D eigenvalue weighted by Gasteiger charge is 2.14. The Balaban J connectivity index is 1.74. The Labute approximate surface area is 140 Å². The van der Waals surface area contributed by atoms with Gasteiger partial charge in [0.15, 0.2) is 0 Å². The zero-order valence-corrected chi connectivity index (χ0v) is 14.3. The summed E-state index contributed by atoms with van der Waals surface area (Å²) in [6, 6.07) is 16.1. The average Bonchev–Trinajstić information content (AvgIpc) is 2.58. The van der Waals surface area contributed by atoms with Gasteiger partial charge in [-0.25, -0.2) is 9.35 Å². The number of rotatable bonds is 4. The summed E-state index contributed by atoms with van der Waals surface area (Å²) < 4.78 is 11.7. The number of nitrogens with two attached hydrogens (primary N) is 1. The maximum atomic E-state index is 11.7. The van der Waals surface area contributed by atoms with E-state index in [2.05, 4.69) is 41.1 Å². The van der Waals surface area contributed by atoms with Crippen molar-refractivity contribution in [2.75, 3.05) is 33.2 Å². The third-order valence-electron chi connectivity index (χ3n) is 4.37. The Morgan fingerprint density at radius 3 is 2.30 bits per heavy atom. The fourth-order valence-corrected chi connectivity index (χ4v) is 3.55. The van der Waals surface area contributed by atoms with Gasteiger partial charge in [-0.1, -0.05) is 42.5 Å².